The monoisotopic (exact) mass is 362 g/mol. The summed E-state index contributed by atoms with van der Waals surface area (Å²) in [6.07, 6.45) is 1.62. The molecule has 1 aliphatic heterocycles. The predicted molar refractivity (Wildman–Crippen MR) is 102 cm³/mol. The first-order valence-electron chi connectivity index (χ1n) is 8.21. The predicted octanol–water partition coefficient (Wildman–Crippen LogP) is 4.89. The molecule has 0 bridgehead atoms. The van der Waals surface area contributed by atoms with Crippen LogP contribution in [0.4, 0.5) is 0 Å². The van der Waals surface area contributed by atoms with Gasteiger partial charge in [0.1, 0.15) is 0 Å². The standard InChI is InChI=1S/C21H15ClN2O2/c1-3-18-16(11-13-7-6-10-17(22)19(13)23-18)12(2)24-20(25)14-8-4-5-9-15(14)21(24)26/h3-12H,1H2,2H3/t12-/m0/s1. The molecule has 0 saturated heterocycles. The normalized spacial score (nSPS) is 14.6. The van der Waals surface area contributed by atoms with Crippen molar-refractivity contribution in [2.45, 2.75) is 13.0 Å². The molecule has 0 unspecified atom stereocenters. The van der Waals surface area contributed by atoms with Gasteiger partial charge in [-0.3, -0.25) is 14.5 Å². The van der Waals surface area contributed by atoms with Gasteiger partial charge in [0.25, 0.3) is 11.8 Å². The Morgan fingerprint density at radius 3 is 2.35 bits per heavy atom. The second kappa shape index (κ2) is 6.07. The number of para-hydroxylation sites is 1. The van der Waals surface area contributed by atoms with Gasteiger partial charge in [-0.2, -0.15) is 0 Å². The van der Waals surface area contributed by atoms with Crippen molar-refractivity contribution in [3.63, 3.8) is 0 Å². The van der Waals surface area contributed by atoms with E-state index in [0.717, 1.165) is 10.9 Å². The second-order valence-electron chi connectivity index (χ2n) is 6.18. The summed E-state index contributed by atoms with van der Waals surface area (Å²) in [6.45, 7) is 5.64. The van der Waals surface area contributed by atoms with E-state index >= 15 is 0 Å². The van der Waals surface area contributed by atoms with Crippen LogP contribution in [-0.2, 0) is 0 Å². The zero-order chi connectivity index (χ0) is 18.4. The molecule has 0 radical (unpaired) electrons. The molecule has 0 saturated carbocycles. The van der Waals surface area contributed by atoms with Crippen LogP contribution in [-0.4, -0.2) is 21.7 Å². The minimum absolute atomic E-state index is 0.292. The summed E-state index contributed by atoms with van der Waals surface area (Å²) < 4.78 is 0. The summed E-state index contributed by atoms with van der Waals surface area (Å²) in [6, 6.07) is 13.8. The van der Waals surface area contributed by atoms with E-state index in [4.69, 9.17) is 11.6 Å². The maximum atomic E-state index is 12.8. The van der Waals surface area contributed by atoms with Crippen LogP contribution in [0.1, 0.15) is 44.9 Å². The Bertz CT molecular complexity index is 1060. The first-order valence-corrected chi connectivity index (χ1v) is 8.59. The SMILES string of the molecule is C=Cc1nc2c(Cl)cccc2cc1[C@H](C)N1C(=O)c2ccccc2C1=O. The van der Waals surface area contributed by atoms with Gasteiger partial charge < -0.3 is 0 Å². The quantitative estimate of drug-likeness (QED) is 0.623. The molecule has 0 fully saturated rings. The highest BCUT2D eigenvalue weighted by molar-refractivity contribution is 6.35. The summed E-state index contributed by atoms with van der Waals surface area (Å²) in [7, 11) is 0. The molecule has 5 heteroatoms. The van der Waals surface area contributed by atoms with E-state index in [1.165, 1.54) is 4.90 Å². The lowest BCUT2D eigenvalue weighted by molar-refractivity contribution is 0.0595. The fourth-order valence-corrected chi connectivity index (χ4v) is 3.61. The van der Waals surface area contributed by atoms with Crippen molar-refractivity contribution >= 4 is 40.4 Å². The first kappa shape index (κ1) is 16.5. The minimum atomic E-state index is -0.480. The number of imide groups is 1. The Morgan fingerprint density at radius 2 is 1.73 bits per heavy atom. The van der Waals surface area contributed by atoms with Crippen LogP contribution in [0.25, 0.3) is 17.0 Å². The van der Waals surface area contributed by atoms with Gasteiger partial charge in [-0.25, -0.2) is 4.98 Å². The number of nitrogens with zero attached hydrogens (tertiary/aromatic N) is 2. The Morgan fingerprint density at radius 1 is 1.08 bits per heavy atom. The number of pyridine rings is 1. The number of benzene rings is 2. The molecular formula is C21H15ClN2O2. The molecular weight excluding hydrogens is 348 g/mol. The summed E-state index contributed by atoms with van der Waals surface area (Å²) >= 11 is 6.24. The molecule has 3 aromatic rings. The van der Waals surface area contributed by atoms with Crippen molar-refractivity contribution < 1.29 is 9.59 Å². The van der Waals surface area contributed by atoms with Crippen LogP contribution in [0.15, 0.2) is 55.1 Å². The third kappa shape index (κ3) is 2.34. The zero-order valence-electron chi connectivity index (χ0n) is 14.1. The largest absolute Gasteiger partial charge is 0.269 e. The van der Waals surface area contributed by atoms with E-state index in [2.05, 4.69) is 11.6 Å². The summed E-state index contributed by atoms with van der Waals surface area (Å²) in [5.41, 5.74) is 2.89. The van der Waals surface area contributed by atoms with Gasteiger partial charge in [-0.05, 0) is 37.3 Å². The lowest BCUT2D eigenvalue weighted by atomic mass is 10.0. The second-order valence-corrected chi connectivity index (χ2v) is 6.59. The molecule has 2 aromatic carbocycles. The molecule has 4 rings (SSSR count). The highest BCUT2D eigenvalue weighted by Gasteiger charge is 2.39. The Labute approximate surface area is 155 Å². The van der Waals surface area contributed by atoms with Crippen LogP contribution in [0.3, 0.4) is 0 Å². The number of carbonyl (C=O) groups is 2. The van der Waals surface area contributed by atoms with Gasteiger partial charge in [-0.15, -0.1) is 0 Å². The van der Waals surface area contributed by atoms with E-state index in [0.29, 0.717) is 27.4 Å². The number of rotatable bonds is 3. The van der Waals surface area contributed by atoms with Crippen molar-refractivity contribution in [3.8, 4) is 0 Å². The Balaban J connectivity index is 1.84. The highest BCUT2D eigenvalue weighted by atomic mass is 35.5. The Kier molecular flexibility index (Phi) is 3.85. The van der Waals surface area contributed by atoms with Crippen LogP contribution < -0.4 is 0 Å². The van der Waals surface area contributed by atoms with Crippen LogP contribution in [0.2, 0.25) is 5.02 Å². The average molecular weight is 363 g/mol. The Hall–Kier alpha value is -2.98. The van der Waals surface area contributed by atoms with Gasteiger partial charge in [0.15, 0.2) is 0 Å². The summed E-state index contributed by atoms with van der Waals surface area (Å²) in [5, 5.41) is 1.40. The molecule has 1 aromatic heterocycles. The fourth-order valence-electron chi connectivity index (χ4n) is 3.39. The third-order valence-corrected chi connectivity index (χ3v) is 5.02. The molecule has 26 heavy (non-hydrogen) atoms. The molecule has 4 nitrogen and oxygen atoms in total. The summed E-state index contributed by atoms with van der Waals surface area (Å²) in [5.74, 6) is -0.585. The molecule has 1 aliphatic rings. The third-order valence-electron chi connectivity index (χ3n) is 4.71. The van der Waals surface area contributed by atoms with Gasteiger partial charge in [-0.1, -0.05) is 42.4 Å². The molecule has 2 heterocycles. The number of aromatic nitrogens is 1. The number of fused-ring (bicyclic) bond motifs is 2. The smallest absolute Gasteiger partial charge is 0.262 e. The molecule has 1 atom stereocenters. The number of hydrogen-bond acceptors (Lipinski definition) is 3. The maximum absolute atomic E-state index is 12.8. The zero-order valence-corrected chi connectivity index (χ0v) is 14.8. The van der Waals surface area contributed by atoms with Crippen molar-refractivity contribution in [3.05, 3.63) is 82.5 Å². The van der Waals surface area contributed by atoms with Crippen molar-refractivity contribution in [2.75, 3.05) is 0 Å². The molecule has 0 aliphatic carbocycles. The van der Waals surface area contributed by atoms with E-state index in [9.17, 15) is 9.59 Å². The lowest BCUT2D eigenvalue weighted by Gasteiger charge is -2.24. The molecule has 0 N–H and O–H groups in total. The molecule has 128 valence electrons. The first-order chi connectivity index (χ1) is 12.5. The van der Waals surface area contributed by atoms with E-state index < -0.39 is 6.04 Å². The number of carbonyl (C=O) groups excluding carboxylic acids is 2. The van der Waals surface area contributed by atoms with Crippen LogP contribution in [0, 0.1) is 0 Å². The van der Waals surface area contributed by atoms with Crippen LogP contribution in [0.5, 0.6) is 0 Å². The van der Waals surface area contributed by atoms with Crippen molar-refractivity contribution in [1.82, 2.24) is 9.88 Å². The molecule has 0 spiro atoms. The van der Waals surface area contributed by atoms with E-state index in [-0.39, 0.29) is 11.8 Å². The topological polar surface area (TPSA) is 50.3 Å². The van der Waals surface area contributed by atoms with Gasteiger partial charge in [0.05, 0.1) is 33.4 Å². The van der Waals surface area contributed by atoms with Crippen molar-refractivity contribution in [2.24, 2.45) is 0 Å². The van der Waals surface area contributed by atoms with E-state index in [1.807, 2.05) is 25.1 Å². The van der Waals surface area contributed by atoms with Gasteiger partial charge in [0.2, 0.25) is 0 Å². The maximum Gasteiger partial charge on any atom is 0.262 e. The number of halogens is 1. The fraction of sp³-hybridized carbons (Fsp3) is 0.0952. The van der Waals surface area contributed by atoms with Crippen LogP contribution >= 0.6 is 11.6 Å². The number of hydrogen-bond donors (Lipinski definition) is 0. The van der Waals surface area contributed by atoms with E-state index in [1.54, 1.807) is 36.4 Å². The summed E-state index contributed by atoms with van der Waals surface area (Å²) in [4.78, 5) is 31.4. The highest BCUT2D eigenvalue weighted by Crippen LogP contribution is 2.34. The van der Waals surface area contributed by atoms with Gasteiger partial charge in [0, 0.05) is 10.9 Å². The number of amides is 2. The van der Waals surface area contributed by atoms with Gasteiger partial charge >= 0.3 is 0 Å². The minimum Gasteiger partial charge on any atom is -0.269 e. The van der Waals surface area contributed by atoms with Crippen molar-refractivity contribution in [1.29, 1.82) is 0 Å². The molecule has 2 amide bonds. The lowest BCUT2D eigenvalue weighted by Crippen LogP contribution is -2.33. The average Bonchev–Trinajstić information content (AvgIpc) is 2.91.